The minimum absolute atomic E-state index is 0.0826. The van der Waals surface area contributed by atoms with Crippen molar-refractivity contribution < 1.29 is 42.1 Å². The van der Waals surface area contributed by atoms with E-state index in [1.165, 1.54) is 4.90 Å². The van der Waals surface area contributed by atoms with Crippen molar-refractivity contribution in [2.75, 3.05) is 32.7 Å². The number of nitrogens with one attached hydrogen (secondary N) is 1. The van der Waals surface area contributed by atoms with Crippen LogP contribution in [0.5, 0.6) is 0 Å². The van der Waals surface area contributed by atoms with Crippen molar-refractivity contribution in [3.8, 4) is 0 Å². The van der Waals surface area contributed by atoms with Gasteiger partial charge >= 0.3 is 18.4 Å². The number of carbonyl (C=O) groups is 2. The van der Waals surface area contributed by atoms with Crippen molar-refractivity contribution in [3.05, 3.63) is 0 Å². The normalized spacial score (nSPS) is 47.0. The molecule has 2 spiro atoms. The highest BCUT2D eigenvalue weighted by atomic mass is 19.4. The van der Waals surface area contributed by atoms with Gasteiger partial charge in [0, 0.05) is 37.0 Å². The van der Waals surface area contributed by atoms with Crippen LogP contribution in [0.25, 0.3) is 0 Å². The Morgan fingerprint density at radius 3 is 2.31 bits per heavy atom. The number of ether oxygens (including phenoxy) is 3. The molecule has 0 bridgehead atoms. The lowest BCUT2D eigenvalue weighted by Gasteiger charge is -2.63. The smallest absolute Gasteiger partial charge is 0.410 e. The number of aliphatic hydroxyl groups is 1. The molecule has 4 unspecified atom stereocenters. The fourth-order valence-electron chi connectivity index (χ4n) is 14.4. The van der Waals surface area contributed by atoms with Gasteiger partial charge in [0.15, 0.2) is 0 Å². The summed E-state index contributed by atoms with van der Waals surface area (Å²) >= 11 is 0. The van der Waals surface area contributed by atoms with Crippen LogP contribution in [0.1, 0.15) is 106 Å². The van der Waals surface area contributed by atoms with Gasteiger partial charge < -0.3 is 29.5 Å². The molecule has 12 heteroatoms. The number of likely N-dealkylation sites (tertiary alicyclic amines) is 2. The molecule has 0 radical (unpaired) electrons. The van der Waals surface area contributed by atoms with Gasteiger partial charge in [0.2, 0.25) is 0 Å². The van der Waals surface area contributed by atoms with Crippen molar-refractivity contribution in [2.24, 2.45) is 56.7 Å². The number of aliphatic hydroxyl groups excluding tert-OH is 1. The Balaban J connectivity index is 0.965. The third-order valence-electron chi connectivity index (χ3n) is 17.1. The minimum Gasteiger partial charge on any atom is -0.446 e. The Kier molecular flexibility index (Phi) is 8.65. The van der Waals surface area contributed by atoms with E-state index < -0.39 is 24.9 Å². The predicted octanol–water partition coefficient (Wildman–Crippen LogP) is 7.01. The Labute approximate surface area is 307 Å². The number of alkyl carbamates (subject to hydrolysis) is 1. The van der Waals surface area contributed by atoms with Crippen LogP contribution in [-0.2, 0) is 14.2 Å². The summed E-state index contributed by atoms with van der Waals surface area (Å²) in [5, 5.41) is 15.5. The maximum Gasteiger partial charge on any atom is 0.410 e. The maximum atomic E-state index is 13.0. The summed E-state index contributed by atoms with van der Waals surface area (Å²) in [6, 6.07) is -0.326. The average molecular weight is 738 g/mol. The van der Waals surface area contributed by atoms with Crippen molar-refractivity contribution in [1.29, 1.82) is 0 Å². The quantitative estimate of drug-likeness (QED) is 0.303. The van der Waals surface area contributed by atoms with E-state index in [4.69, 9.17) is 14.2 Å². The van der Waals surface area contributed by atoms with E-state index in [1.54, 1.807) is 4.90 Å². The molecule has 5 aliphatic carbocycles. The molecule has 13 atom stereocenters. The number of halogens is 3. The first-order valence-electron chi connectivity index (χ1n) is 20.3. The van der Waals surface area contributed by atoms with Gasteiger partial charge in [-0.25, -0.2) is 9.59 Å². The first-order valence-corrected chi connectivity index (χ1v) is 20.3. The molecule has 2 N–H and O–H groups in total. The largest absolute Gasteiger partial charge is 0.446 e. The molecule has 8 rings (SSSR count). The lowest BCUT2D eigenvalue weighted by molar-refractivity contribution is -0.185. The third-order valence-corrected chi connectivity index (χ3v) is 17.1. The second kappa shape index (κ2) is 12.1. The molecule has 294 valence electrons. The van der Waals surface area contributed by atoms with E-state index in [0.717, 1.165) is 70.9 Å². The zero-order valence-electron chi connectivity index (χ0n) is 32.3. The summed E-state index contributed by atoms with van der Waals surface area (Å²) in [4.78, 5) is 29.0. The molecule has 8 aliphatic rings. The minimum atomic E-state index is -4.24. The SMILES string of the molecule is CC(C)[C@@H](OC(=O)N1CCC1)C1C[C@@H](C)[C@H]2C(O1)[C@H](O)[C@@]1(C)C3CC[C@H]4C(C)(C)C(OC(=O)NC5CN(CC(F)(F)F)C5)CC[C@@]45C[C@@]35CC[C@]21C. The summed E-state index contributed by atoms with van der Waals surface area (Å²) in [7, 11) is 0. The van der Waals surface area contributed by atoms with Gasteiger partial charge in [0.1, 0.15) is 12.2 Å². The molecular weight excluding hydrogens is 675 g/mol. The summed E-state index contributed by atoms with van der Waals surface area (Å²) in [5.74, 6) is 1.39. The highest BCUT2D eigenvalue weighted by Crippen LogP contribution is 2.89. The molecule has 52 heavy (non-hydrogen) atoms. The van der Waals surface area contributed by atoms with Crippen molar-refractivity contribution in [3.63, 3.8) is 0 Å². The number of alkyl halides is 3. The van der Waals surface area contributed by atoms with Crippen LogP contribution < -0.4 is 5.32 Å². The lowest BCUT2D eigenvalue weighted by atomic mass is 9.41. The maximum absolute atomic E-state index is 13.0. The van der Waals surface area contributed by atoms with E-state index in [2.05, 4.69) is 53.8 Å². The average Bonchev–Trinajstić information content (AvgIpc) is 3.63. The standard InChI is InChI=1S/C40H62F3N3O6/c1-22(2)30(52-34(49)46-15-8-16-46)25-17-23(3)29-31(50-25)32(47)37(7)27-10-9-26-35(4,5)28(11-12-38(26)20-39(27,38)14-13-36(29,37)6)51-33(48)44-24-18-45(19-24)21-40(41,42)43/h22-32,47H,8-21H2,1-7H3,(H,44,48)/t23-,25?,26+,27?,28?,29+,30-,31?,32+,36-,37-,38-,39+/m1/s1. The first kappa shape index (κ1) is 37.1. The molecule has 5 saturated carbocycles. The van der Waals surface area contributed by atoms with Crippen LogP contribution >= 0.6 is 0 Å². The highest BCUT2D eigenvalue weighted by molar-refractivity contribution is 5.69. The van der Waals surface area contributed by atoms with Crippen LogP contribution in [-0.4, -0.2) is 103 Å². The zero-order chi connectivity index (χ0) is 37.4. The number of fused-ring (bicyclic) bond motifs is 4. The number of rotatable bonds is 6. The number of amides is 2. The van der Waals surface area contributed by atoms with Crippen molar-refractivity contribution in [1.82, 2.24) is 15.1 Å². The molecule has 2 amide bonds. The summed E-state index contributed by atoms with van der Waals surface area (Å²) in [5.41, 5.74) is -0.351. The number of hydrogen-bond donors (Lipinski definition) is 2. The molecular formula is C40H62F3N3O6. The predicted molar refractivity (Wildman–Crippen MR) is 187 cm³/mol. The molecule has 3 aliphatic heterocycles. The molecule has 0 aromatic carbocycles. The van der Waals surface area contributed by atoms with Crippen LogP contribution in [0.2, 0.25) is 0 Å². The number of hydrogen-bond acceptors (Lipinski definition) is 7. The van der Waals surface area contributed by atoms with E-state index in [0.29, 0.717) is 17.8 Å². The van der Waals surface area contributed by atoms with Crippen LogP contribution in [0.15, 0.2) is 0 Å². The Morgan fingerprint density at radius 2 is 1.67 bits per heavy atom. The number of nitrogens with zero attached hydrogens (tertiary/aromatic N) is 2. The van der Waals surface area contributed by atoms with Crippen molar-refractivity contribution in [2.45, 2.75) is 149 Å². The van der Waals surface area contributed by atoms with Crippen LogP contribution in [0.3, 0.4) is 0 Å². The van der Waals surface area contributed by atoms with Gasteiger partial charge in [-0.05, 0) is 104 Å². The Morgan fingerprint density at radius 1 is 1.00 bits per heavy atom. The Hall–Kier alpha value is -1.79. The van der Waals surface area contributed by atoms with Crippen LogP contribution in [0.4, 0.5) is 22.8 Å². The van der Waals surface area contributed by atoms with E-state index in [1.807, 2.05) is 0 Å². The molecule has 0 aromatic heterocycles. The van der Waals surface area contributed by atoms with Gasteiger partial charge in [0.05, 0.1) is 30.9 Å². The van der Waals surface area contributed by atoms with Gasteiger partial charge in [-0.15, -0.1) is 0 Å². The van der Waals surface area contributed by atoms with Gasteiger partial charge in [-0.1, -0.05) is 48.5 Å². The summed E-state index contributed by atoms with van der Waals surface area (Å²) in [6.07, 6.45) is 2.17. The molecule has 3 saturated heterocycles. The lowest BCUT2D eigenvalue weighted by Crippen LogP contribution is -2.62. The molecule has 3 heterocycles. The summed E-state index contributed by atoms with van der Waals surface area (Å²) in [6.45, 7) is 16.7. The van der Waals surface area contributed by atoms with Gasteiger partial charge in [0.25, 0.3) is 0 Å². The van der Waals surface area contributed by atoms with Crippen LogP contribution in [0, 0.1) is 56.7 Å². The van der Waals surface area contributed by atoms with E-state index in [-0.39, 0.29) is 88.6 Å². The topological polar surface area (TPSA) is 101 Å². The second-order valence-corrected chi connectivity index (χ2v) is 20.0. The van der Waals surface area contributed by atoms with Gasteiger partial charge in [-0.2, -0.15) is 13.2 Å². The molecule has 0 aromatic rings. The fourth-order valence-corrected chi connectivity index (χ4v) is 14.4. The van der Waals surface area contributed by atoms with Crippen molar-refractivity contribution >= 4 is 12.2 Å². The third kappa shape index (κ3) is 5.24. The number of carbonyl (C=O) groups excluding carboxylic acids is 2. The zero-order valence-corrected chi connectivity index (χ0v) is 32.3. The molecule has 8 fully saturated rings. The summed E-state index contributed by atoms with van der Waals surface area (Å²) < 4.78 is 57.4. The first-order chi connectivity index (χ1) is 24.3. The van der Waals surface area contributed by atoms with Gasteiger partial charge in [-0.3, -0.25) is 4.90 Å². The Bertz CT molecular complexity index is 1440. The highest BCUT2D eigenvalue weighted by Gasteiger charge is 2.84. The second-order valence-electron chi connectivity index (χ2n) is 20.0. The monoisotopic (exact) mass is 737 g/mol. The molecule has 9 nitrogen and oxygen atoms in total. The fraction of sp³-hybridized carbons (Fsp3) is 0.950. The van der Waals surface area contributed by atoms with E-state index in [9.17, 15) is 27.9 Å². The van der Waals surface area contributed by atoms with E-state index >= 15 is 0 Å².